The zero-order chi connectivity index (χ0) is 21.1. The summed E-state index contributed by atoms with van der Waals surface area (Å²) >= 11 is 1.54. The molecule has 2 heterocycles. The molecule has 1 aromatic heterocycles. The maximum absolute atomic E-state index is 12.6. The fourth-order valence-corrected chi connectivity index (χ4v) is 4.52. The van der Waals surface area contributed by atoms with Crippen LogP contribution >= 0.6 is 11.8 Å². The van der Waals surface area contributed by atoms with E-state index in [0.717, 1.165) is 22.8 Å². The zero-order valence-electron chi connectivity index (χ0n) is 17.0. The Hall–Kier alpha value is -3.06. The maximum atomic E-state index is 12.6. The molecule has 30 heavy (non-hydrogen) atoms. The third-order valence-corrected chi connectivity index (χ3v) is 6.05. The molecule has 0 spiro atoms. The van der Waals surface area contributed by atoms with Crippen LogP contribution in [0.15, 0.2) is 70.6 Å². The van der Waals surface area contributed by atoms with E-state index in [1.165, 1.54) is 11.8 Å². The average Bonchev–Trinajstić information content (AvgIpc) is 3.13. The fraction of sp³-hybridized carbons (Fsp3) is 0.261. The minimum Gasteiger partial charge on any atom is -0.356 e. The molecule has 1 atom stereocenters. The van der Waals surface area contributed by atoms with Crippen LogP contribution in [-0.2, 0) is 4.79 Å². The number of para-hydroxylation sites is 1. The highest BCUT2D eigenvalue weighted by Crippen LogP contribution is 2.33. The number of benzene rings is 2. The van der Waals surface area contributed by atoms with E-state index in [1.807, 2.05) is 68.4 Å². The summed E-state index contributed by atoms with van der Waals surface area (Å²) in [6.07, 6.45) is 0.243. The van der Waals surface area contributed by atoms with E-state index in [4.69, 9.17) is 0 Å². The second-order valence-corrected chi connectivity index (χ2v) is 8.60. The van der Waals surface area contributed by atoms with Crippen molar-refractivity contribution in [2.24, 2.45) is 0 Å². The quantitative estimate of drug-likeness (QED) is 0.561. The van der Waals surface area contributed by atoms with Crippen molar-refractivity contribution in [3.63, 3.8) is 0 Å². The molecule has 2 N–H and O–H groups in total. The summed E-state index contributed by atoms with van der Waals surface area (Å²) in [4.78, 5) is 29.7. The number of rotatable bonds is 6. The summed E-state index contributed by atoms with van der Waals surface area (Å²) < 4.78 is 1.66. The largest absolute Gasteiger partial charge is 0.356 e. The van der Waals surface area contributed by atoms with Crippen molar-refractivity contribution in [1.82, 2.24) is 9.55 Å². The van der Waals surface area contributed by atoms with Gasteiger partial charge >= 0.3 is 0 Å². The van der Waals surface area contributed by atoms with E-state index in [1.54, 1.807) is 10.6 Å². The highest BCUT2D eigenvalue weighted by Gasteiger charge is 2.28. The number of fused-ring (bicyclic) bond motifs is 1. The van der Waals surface area contributed by atoms with Crippen LogP contribution in [0.4, 0.5) is 17.1 Å². The van der Waals surface area contributed by atoms with Crippen LogP contribution in [-0.4, -0.2) is 21.2 Å². The van der Waals surface area contributed by atoms with Gasteiger partial charge in [0.05, 0.1) is 11.7 Å². The Morgan fingerprint density at radius 3 is 2.47 bits per heavy atom. The monoisotopic (exact) mass is 420 g/mol. The van der Waals surface area contributed by atoms with Crippen LogP contribution in [0.5, 0.6) is 0 Å². The number of amides is 1. The molecular weight excluding hydrogens is 396 g/mol. The van der Waals surface area contributed by atoms with Crippen molar-refractivity contribution in [2.45, 2.75) is 37.4 Å². The third-order valence-electron chi connectivity index (χ3n) is 4.95. The molecule has 154 valence electrons. The fourth-order valence-electron chi connectivity index (χ4n) is 3.37. The first-order valence-electron chi connectivity index (χ1n) is 9.98. The molecule has 1 aliphatic rings. The lowest BCUT2D eigenvalue weighted by Gasteiger charge is -2.14. The normalized spacial score (nSPS) is 15.1. The van der Waals surface area contributed by atoms with Crippen molar-refractivity contribution in [2.75, 3.05) is 16.4 Å². The number of carbonyl (C=O) groups is 1. The third kappa shape index (κ3) is 4.57. The van der Waals surface area contributed by atoms with Gasteiger partial charge in [0, 0.05) is 35.3 Å². The van der Waals surface area contributed by atoms with Crippen molar-refractivity contribution >= 4 is 34.7 Å². The van der Waals surface area contributed by atoms with Gasteiger partial charge in [-0.15, -0.1) is 0 Å². The molecule has 0 fully saturated rings. The Bertz CT molecular complexity index is 1090. The number of carbonyl (C=O) groups excluding carboxylic acids is 1. The lowest BCUT2D eigenvalue weighted by Crippen LogP contribution is -2.28. The minimum atomic E-state index is -0.176. The van der Waals surface area contributed by atoms with Crippen molar-refractivity contribution in [3.05, 3.63) is 76.7 Å². The highest BCUT2D eigenvalue weighted by atomic mass is 32.2. The Labute approximate surface area is 179 Å². The van der Waals surface area contributed by atoms with E-state index in [0.29, 0.717) is 10.9 Å². The molecule has 2 aromatic carbocycles. The Balaban J connectivity index is 1.39. The van der Waals surface area contributed by atoms with Crippen LogP contribution in [0.3, 0.4) is 0 Å². The van der Waals surface area contributed by atoms with Crippen LogP contribution < -0.4 is 16.2 Å². The van der Waals surface area contributed by atoms with Gasteiger partial charge in [-0.2, -0.15) is 0 Å². The van der Waals surface area contributed by atoms with Crippen LogP contribution in [0.25, 0.3) is 0 Å². The molecule has 1 aliphatic heterocycles. The van der Waals surface area contributed by atoms with Crippen LogP contribution in [0.2, 0.25) is 0 Å². The molecule has 0 aliphatic carbocycles. The maximum Gasteiger partial charge on any atom is 0.254 e. The summed E-state index contributed by atoms with van der Waals surface area (Å²) in [6.45, 7) is 4.04. The van der Waals surface area contributed by atoms with E-state index in [2.05, 4.69) is 15.6 Å². The Morgan fingerprint density at radius 2 is 1.77 bits per heavy atom. The summed E-state index contributed by atoms with van der Waals surface area (Å²) in [7, 11) is 0. The summed E-state index contributed by atoms with van der Waals surface area (Å²) in [5.41, 5.74) is 3.39. The van der Waals surface area contributed by atoms with Crippen LogP contribution in [0, 0.1) is 0 Å². The molecule has 0 saturated heterocycles. The zero-order valence-corrected chi connectivity index (χ0v) is 17.8. The van der Waals surface area contributed by atoms with E-state index in [9.17, 15) is 9.59 Å². The van der Waals surface area contributed by atoms with Gasteiger partial charge in [-0.25, -0.2) is 4.98 Å². The van der Waals surface area contributed by atoms with E-state index < -0.39 is 0 Å². The second-order valence-electron chi connectivity index (χ2n) is 7.61. The predicted octanol–water partition coefficient (Wildman–Crippen LogP) is 4.79. The van der Waals surface area contributed by atoms with E-state index in [-0.39, 0.29) is 29.8 Å². The first kappa shape index (κ1) is 20.2. The molecule has 4 rings (SSSR count). The molecule has 6 nitrogen and oxygen atoms in total. The first-order chi connectivity index (χ1) is 14.5. The number of nitrogens with one attached hydrogen (secondary N) is 2. The first-order valence-corrected chi connectivity index (χ1v) is 11.0. The van der Waals surface area contributed by atoms with Gasteiger partial charge in [0.2, 0.25) is 5.91 Å². The predicted molar refractivity (Wildman–Crippen MR) is 122 cm³/mol. The standard InChI is InChI=1S/C23H24N4O2S/c1-15(2)20-13-22(29)27-19(14-30-23(27)26-20)12-21(28)25-18-10-8-17(9-11-18)24-16-6-4-3-5-7-16/h3-11,13,15,19,24H,12,14H2,1-2H3,(H,25,28). The van der Waals surface area contributed by atoms with Crippen molar-refractivity contribution < 1.29 is 4.79 Å². The number of thioether (sulfide) groups is 1. The summed E-state index contributed by atoms with van der Waals surface area (Å²) in [5, 5.41) is 6.95. The van der Waals surface area contributed by atoms with Gasteiger partial charge < -0.3 is 10.6 Å². The molecule has 0 saturated carbocycles. The van der Waals surface area contributed by atoms with Gasteiger partial charge in [-0.3, -0.25) is 14.2 Å². The molecule has 7 heteroatoms. The van der Waals surface area contributed by atoms with Gasteiger partial charge in [-0.1, -0.05) is 43.8 Å². The number of hydrogen-bond acceptors (Lipinski definition) is 5. The molecule has 1 unspecified atom stereocenters. The molecule has 0 radical (unpaired) electrons. The van der Waals surface area contributed by atoms with Gasteiger partial charge in [0.15, 0.2) is 5.16 Å². The number of aromatic nitrogens is 2. The van der Waals surface area contributed by atoms with E-state index >= 15 is 0 Å². The molecule has 3 aromatic rings. The molecular formula is C23H24N4O2S. The number of anilines is 3. The second kappa shape index (κ2) is 8.75. The van der Waals surface area contributed by atoms with Gasteiger partial charge in [0.25, 0.3) is 5.56 Å². The highest BCUT2D eigenvalue weighted by molar-refractivity contribution is 7.99. The number of nitrogens with zero attached hydrogens (tertiary/aromatic N) is 2. The summed E-state index contributed by atoms with van der Waals surface area (Å²) in [5.74, 6) is 0.764. The van der Waals surface area contributed by atoms with Gasteiger partial charge in [0.1, 0.15) is 0 Å². The smallest absolute Gasteiger partial charge is 0.254 e. The lowest BCUT2D eigenvalue weighted by molar-refractivity contribution is -0.116. The number of hydrogen-bond donors (Lipinski definition) is 2. The topological polar surface area (TPSA) is 76.0 Å². The van der Waals surface area contributed by atoms with Crippen molar-refractivity contribution in [3.8, 4) is 0 Å². The average molecular weight is 421 g/mol. The Morgan fingerprint density at radius 1 is 1.10 bits per heavy atom. The Kier molecular flexibility index (Phi) is 5.90. The summed E-state index contributed by atoms with van der Waals surface area (Å²) in [6, 6.07) is 18.9. The molecule has 0 bridgehead atoms. The van der Waals surface area contributed by atoms with Gasteiger partial charge in [-0.05, 0) is 42.3 Å². The lowest BCUT2D eigenvalue weighted by atomic mass is 10.1. The molecule has 1 amide bonds. The van der Waals surface area contributed by atoms with Crippen LogP contribution in [0.1, 0.15) is 37.9 Å². The SMILES string of the molecule is CC(C)c1cc(=O)n2c(n1)SCC2CC(=O)Nc1ccc(Nc2ccccc2)cc1. The minimum absolute atomic E-state index is 0.0807. The van der Waals surface area contributed by atoms with Crippen molar-refractivity contribution in [1.29, 1.82) is 0 Å².